The molecule has 4 aromatic rings. The molecule has 5 rings (SSSR count). The van der Waals surface area contributed by atoms with Crippen molar-refractivity contribution in [1.82, 2.24) is 14.2 Å². The largest absolute Gasteiger partial charge is 0.497 e. The molecule has 1 saturated heterocycles. The Hall–Kier alpha value is -4.20. The first-order chi connectivity index (χ1) is 29.2. The van der Waals surface area contributed by atoms with Gasteiger partial charge >= 0.3 is 5.69 Å². The van der Waals surface area contributed by atoms with Crippen molar-refractivity contribution in [1.29, 1.82) is 5.26 Å². The molecule has 1 aromatic heterocycles. The molecule has 0 bridgehead atoms. The number of hydrogen-bond donors (Lipinski definition) is 1. The standard InChI is InChI=1S/C45H61N4O10PSi/c1-32(2)49(33(3)4)60(57-27-13-25-46)59-41-39(58-43(48-26-24-40(50)47-44(48)51)42(41)55-31-54-28-29-61(7,8)9)30-56-45(34-14-11-10-12-15-34,35-16-20-37(52-5)21-17-35)36-18-22-38(53-6)23-19-36/h10-12,14-24,26,32-33,39,41-43H,13,27-31H2,1-9H3,(H,47,50,51)/t39-,41-,42-,43-,60?/m1/s1. The zero-order valence-electron chi connectivity index (χ0n) is 36.7. The normalized spacial score (nSPS) is 18.7. The molecule has 1 fully saturated rings. The number of aromatic amines is 1. The van der Waals surface area contributed by atoms with Gasteiger partial charge in [0.2, 0.25) is 0 Å². The summed E-state index contributed by atoms with van der Waals surface area (Å²) in [6.45, 7) is 15.5. The Morgan fingerprint density at radius 2 is 1.44 bits per heavy atom. The van der Waals surface area contributed by atoms with Crippen molar-refractivity contribution >= 4 is 16.6 Å². The van der Waals surface area contributed by atoms with Crippen molar-refractivity contribution < 1.29 is 37.5 Å². The Bertz CT molecular complexity index is 2050. The van der Waals surface area contributed by atoms with Gasteiger partial charge in [-0.05, 0) is 74.7 Å². The van der Waals surface area contributed by atoms with Crippen LogP contribution in [0, 0.1) is 11.3 Å². The van der Waals surface area contributed by atoms with E-state index in [-0.39, 0.29) is 38.5 Å². The van der Waals surface area contributed by atoms with Crippen molar-refractivity contribution in [2.24, 2.45) is 0 Å². The topological polar surface area (TPSA) is 156 Å². The number of nitrogens with one attached hydrogen (secondary N) is 1. The lowest BCUT2D eigenvalue weighted by molar-refractivity contribution is -0.137. The molecule has 0 amide bonds. The van der Waals surface area contributed by atoms with Crippen LogP contribution in [0.2, 0.25) is 25.7 Å². The van der Waals surface area contributed by atoms with E-state index in [0.717, 1.165) is 22.7 Å². The van der Waals surface area contributed by atoms with Crippen LogP contribution in [-0.2, 0) is 33.6 Å². The summed E-state index contributed by atoms with van der Waals surface area (Å²) in [6, 6.07) is 29.6. The van der Waals surface area contributed by atoms with Gasteiger partial charge in [-0.1, -0.05) is 74.2 Å². The average molecular weight is 877 g/mol. The maximum atomic E-state index is 13.5. The average Bonchev–Trinajstić information content (AvgIpc) is 3.56. The van der Waals surface area contributed by atoms with Gasteiger partial charge in [0, 0.05) is 39.0 Å². The quantitative estimate of drug-likeness (QED) is 0.0254. The van der Waals surface area contributed by atoms with E-state index in [1.807, 2.05) is 78.9 Å². The van der Waals surface area contributed by atoms with Gasteiger partial charge < -0.3 is 37.5 Å². The van der Waals surface area contributed by atoms with Gasteiger partial charge in [-0.15, -0.1) is 0 Å². The first-order valence-corrected chi connectivity index (χ1v) is 25.5. The summed E-state index contributed by atoms with van der Waals surface area (Å²) in [7, 11) is -0.0190. The van der Waals surface area contributed by atoms with E-state index in [0.29, 0.717) is 18.1 Å². The van der Waals surface area contributed by atoms with Crippen molar-refractivity contribution in [3.63, 3.8) is 0 Å². The minimum Gasteiger partial charge on any atom is -0.497 e. The second kappa shape index (κ2) is 22.2. The third kappa shape index (κ3) is 12.3. The zero-order valence-corrected chi connectivity index (χ0v) is 38.6. The summed E-state index contributed by atoms with van der Waals surface area (Å²) in [5, 5.41) is 9.47. The lowest BCUT2D eigenvalue weighted by Crippen LogP contribution is -2.43. The van der Waals surface area contributed by atoms with Crippen LogP contribution < -0.4 is 20.7 Å². The molecule has 1 aliphatic heterocycles. The number of ether oxygens (including phenoxy) is 6. The van der Waals surface area contributed by atoms with Crippen LogP contribution in [0.15, 0.2) is 101 Å². The molecule has 1 aliphatic rings. The molecular weight excluding hydrogens is 816 g/mol. The summed E-state index contributed by atoms with van der Waals surface area (Å²) in [5.41, 5.74) is 0.0115. The smallest absolute Gasteiger partial charge is 0.330 e. The molecule has 16 heteroatoms. The Morgan fingerprint density at radius 3 is 1.97 bits per heavy atom. The molecule has 5 atom stereocenters. The molecule has 0 aliphatic carbocycles. The van der Waals surface area contributed by atoms with E-state index in [2.05, 4.69) is 63.1 Å². The van der Waals surface area contributed by atoms with Gasteiger partial charge in [-0.25, -0.2) is 9.46 Å². The molecule has 3 aromatic carbocycles. The predicted octanol–water partition coefficient (Wildman–Crippen LogP) is 7.82. The Balaban J connectivity index is 1.66. The number of rotatable bonds is 23. The maximum absolute atomic E-state index is 13.5. The van der Waals surface area contributed by atoms with Crippen LogP contribution in [-0.4, -0.2) is 93.5 Å². The van der Waals surface area contributed by atoms with Gasteiger partial charge in [0.1, 0.15) is 42.2 Å². The minimum atomic E-state index is -1.84. The number of benzene rings is 3. The molecule has 0 spiro atoms. The SMILES string of the molecule is COc1ccc(C(OC[C@H]2O[C@@H](n3ccc(=O)[nH]c3=O)[C@H](OCOCC[Si](C)(C)C)[C@@H]2OP(OCCC#N)N(C(C)C)C(C)C)(c2ccccc2)c2ccc(OC)cc2)cc1. The highest BCUT2D eigenvalue weighted by Crippen LogP contribution is 2.51. The molecule has 14 nitrogen and oxygen atoms in total. The summed E-state index contributed by atoms with van der Waals surface area (Å²) in [5.74, 6) is 1.36. The molecule has 2 heterocycles. The lowest BCUT2D eigenvalue weighted by atomic mass is 9.80. The highest BCUT2D eigenvalue weighted by Gasteiger charge is 2.51. The Kier molecular flexibility index (Phi) is 17.4. The number of methoxy groups -OCH3 is 2. The molecule has 1 unspecified atom stereocenters. The molecule has 1 N–H and O–H groups in total. The van der Waals surface area contributed by atoms with Gasteiger partial charge in [-0.3, -0.25) is 14.3 Å². The van der Waals surface area contributed by atoms with E-state index in [4.69, 9.17) is 37.5 Å². The molecule has 61 heavy (non-hydrogen) atoms. The van der Waals surface area contributed by atoms with Gasteiger partial charge in [-0.2, -0.15) is 5.26 Å². The summed E-state index contributed by atoms with van der Waals surface area (Å²) in [6.07, 6.45) is -2.30. The Morgan fingerprint density at radius 1 is 0.852 bits per heavy atom. The van der Waals surface area contributed by atoms with Crippen LogP contribution in [0.1, 0.15) is 57.0 Å². The fourth-order valence-electron chi connectivity index (χ4n) is 7.24. The van der Waals surface area contributed by atoms with Crippen LogP contribution in [0.5, 0.6) is 11.5 Å². The van der Waals surface area contributed by atoms with Crippen molar-refractivity contribution in [2.45, 2.75) is 102 Å². The number of nitriles is 1. The van der Waals surface area contributed by atoms with Gasteiger partial charge in [0.25, 0.3) is 14.1 Å². The van der Waals surface area contributed by atoms with E-state index >= 15 is 0 Å². The van der Waals surface area contributed by atoms with E-state index in [9.17, 15) is 14.9 Å². The summed E-state index contributed by atoms with van der Waals surface area (Å²) >= 11 is 0. The third-order valence-electron chi connectivity index (χ3n) is 10.3. The highest BCUT2D eigenvalue weighted by molar-refractivity contribution is 7.44. The maximum Gasteiger partial charge on any atom is 0.330 e. The van der Waals surface area contributed by atoms with Crippen molar-refractivity contribution in [2.75, 3.05) is 40.8 Å². The minimum absolute atomic E-state index is 0.0111. The predicted molar refractivity (Wildman–Crippen MR) is 237 cm³/mol. The van der Waals surface area contributed by atoms with E-state index in [1.165, 1.54) is 16.8 Å². The fourth-order valence-corrected chi connectivity index (χ4v) is 9.77. The number of H-pyrrole nitrogens is 1. The third-order valence-corrected chi connectivity index (χ3v) is 14.1. The van der Waals surface area contributed by atoms with Crippen molar-refractivity contribution in [3.8, 4) is 17.6 Å². The fraction of sp³-hybridized carbons (Fsp3) is 0.489. The summed E-state index contributed by atoms with van der Waals surface area (Å²) in [4.78, 5) is 28.2. The second-order valence-corrected chi connectivity index (χ2v) is 23.5. The van der Waals surface area contributed by atoms with Crippen LogP contribution >= 0.6 is 8.53 Å². The van der Waals surface area contributed by atoms with Crippen LogP contribution in [0.3, 0.4) is 0 Å². The first-order valence-electron chi connectivity index (χ1n) is 20.6. The lowest BCUT2D eigenvalue weighted by Gasteiger charge is -2.39. The Labute approximate surface area is 361 Å². The highest BCUT2D eigenvalue weighted by atomic mass is 31.2. The number of aromatic nitrogens is 2. The zero-order chi connectivity index (χ0) is 44.2. The van der Waals surface area contributed by atoms with Gasteiger partial charge in [0.05, 0.1) is 39.9 Å². The molecular formula is C45H61N4O10PSi. The molecule has 0 saturated carbocycles. The monoisotopic (exact) mass is 876 g/mol. The number of nitrogens with zero attached hydrogens (tertiary/aromatic N) is 3. The second-order valence-electron chi connectivity index (χ2n) is 16.5. The summed E-state index contributed by atoms with van der Waals surface area (Å²) < 4.78 is 54.9. The van der Waals surface area contributed by atoms with Crippen molar-refractivity contribution in [3.05, 3.63) is 129 Å². The molecule has 0 radical (unpaired) electrons. The van der Waals surface area contributed by atoms with E-state index in [1.54, 1.807) is 14.2 Å². The van der Waals surface area contributed by atoms with Gasteiger partial charge in [0.15, 0.2) is 6.23 Å². The van der Waals surface area contributed by atoms with Crippen LogP contribution in [0.25, 0.3) is 0 Å². The molecule has 330 valence electrons. The van der Waals surface area contributed by atoms with Crippen LogP contribution in [0.4, 0.5) is 0 Å². The van der Waals surface area contributed by atoms with E-state index < -0.39 is 58.0 Å². The number of hydrogen-bond acceptors (Lipinski definition) is 12. The first kappa shape index (κ1) is 47.8.